The molecular formula is C17H17N5O2. The summed E-state index contributed by atoms with van der Waals surface area (Å²) in [6.07, 6.45) is 2.82. The lowest BCUT2D eigenvalue weighted by atomic mass is 10.2. The lowest BCUT2D eigenvalue weighted by Gasteiger charge is -2.08. The molecule has 0 aliphatic rings. The minimum absolute atomic E-state index is 0.0248. The number of aryl methyl sites for hydroxylation is 2. The smallest absolute Gasteiger partial charge is 0.361 e. The van der Waals surface area contributed by atoms with Crippen molar-refractivity contribution in [3.63, 3.8) is 0 Å². The second kappa shape index (κ2) is 6.49. The molecule has 0 saturated carbocycles. The van der Waals surface area contributed by atoms with Crippen molar-refractivity contribution in [1.82, 2.24) is 19.7 Å². The van der Waals surface area contributed by atoms with Crippen molar-refractivity contribution in [2.75, 3.05) is 5.73 Å². The highest BCUT2D eigenvalue weighted by Crippen LogP contribution is 2.14. The van der Waals surface area contributed by atoms with Crippen LogP contribution in [0.15, 0.2) is 42.7 Å². The van der Waals surface area contributed by atoms with Gasteiger partial charge in [-0.2, -0.15) is 5.10 Å². The van der Waals surface area contributed by atoms with E-state index in [9.17, 15) is 4.79 Å². The number of hydrogen-bond donors (Lipinski definition) is 1. The lowest BCUT2D eigenvalue weighted by Crippen LogP contribution is -2.11. The molecule has 0 aliphatic heterocycles. The van der Waals surface area contributed by atoms with Crippen molar-refractivity contribution in [2.45, 2.75) is 20.5 Å². The molecule has 7 heteroatoms. The zero-order chi connectivity index (χ0) is 17.1. The van der Waals surface area contributed by atoms with Crippen molar-refractivity contribution in [3.05, 3.63) is 65.4 Å². The minimum atomic E-state index is -0.594. The van der Waals surface area contributed by atoms with Crippen LogP contribution in [0.3, 0.4) is 0 Å². The molecule has 1 aromatic carbocycles. The van der Waals surface area contributed by atoms with Crippen molar-refractivity contribution in [1.29, 1.82) is 0 Å². The average Bonchev–Trinajstić information content (AvgIpc) is 2.92. The molecule has 2 heterocycles. The zero-order valence-electron chi connectivity index (χ0n) is 13.4. The van der Waals surface area contributed by atoms with Crippen LogP contribution >= 0.6 is 0 Å². The molecule has 24 heavy (non-hydrogen) atoms. The predicted molar refractivity (Wildman–Crippen MR) is 88.6 cm³/mol. The summed E-state index contributed by atoms with van der Waals surface area (Å²) >= 11 is 0. The number of ether oxygens (including phenoxy) is 1. The Labute approximate surface area is 139 Å². The van der Waals surface area contributed by atoms with Gasteiger partial charge in [0.05, 0.1) is 11.4 Å². The highest BCUT2D eigenvalue weighted by Gasteiger charge is 2.13. The maximum atomic E-state index is 12.0. The van der Waals surface area contributed by atoms with E-state index in [4.69, 9.17) is 10.5 Å². The first-order valence-electron chi connectivity index (χ1n) is 7.41. The fourth-order valence-corrected chi connectivity index (χ4v) is 2.35. The van der Waals surface area contributed by atoms with E-state index in [0.29, 0.717) is 0 Å². The molecule has 3 rings (SSSR count). The van der Waals surface area contributed by atoms with Crippen LogP contribution in [0.5, 0.6) is 0 Å². The summed E-state index contributed by atoms with van der Waals surface area (Å²) in [4.78, 5) is 19.7. The Morgan fingerprint density at radius 2 is 1.88 bits per heavy atom. The maximum Gasteiger partial charge on any atom is 0.361 e. The van der Waals surface area contributed by atoms with Crippen LogP contribution in [0.4, 0.5) is 5.82 Å². The van der Waals surface area contributed by atoms with Crippen LogP contribution in [0.1, 0.15) is 27.4 Å². The number of nitrogens with zero attached hydrogens (tertiary/aromatic N) is 4. The Hall–Kier alpha value is -3.22. The molecule has 0 bridgehead atoms. The van der Waals surface area contributed by atoms with Gasteiger partial charge >= 0.3 is 5.97 Å². The van der Waals surface area contributed by atoms with E-state index in [1.165, 1.54) is 12.4 Å². The predicted octanol–water partition coefficient (Wildman–Crippen LogP) is 2.22. The molecule has 0 atom stereocenters. The summed E-state index contributed by atoms with van der Waals surface area (Å²) in [5.41, 5.74) is 9.47. The summed E-state index contributed by atoms with van der Waals surface area (Å²) in [6, 6.07) is 9.65. The van der Waals surface area contributed by atoms with Gasteiger partial charge in [-0.25, -0.2) is 19.4 Å². The summed E-state index contributed by atoms with van der Waals surface area (Å²) in [5, 5.41) is 4.44. The number of anilines is 1. The van der Waals surface area contributed by atoms with E-state index in [2.05, 4.69) is 15.1 Å². The number of aromatic nitrogens is 4. The lowest BCUT2D eigenvalue weighted by molar-refractivity contribution is 0.0466. The second-order valence-corrected chi connectivity index (χ2v) is 5.37. The minimum Gasteiger partial charge on any atom is -0.456 e. The molecular weight excluding hydrogens is 306 g/mol. The van der Waals surface area contributed by atoms with Gasteiger partial charge in [-0.3, -0.25) is 0 Å². The molecule has 0 unspecified atom stereocenters. The van der Waals surface area contributed by atoms with Crippen LogP contribution in [0.25, 0.3) is 5.69 Å². The van der Waals surface area contributed by atoms with Gasteiger partial charge in [0.25, 0.3) is 0 Å². The number of nitrogens with two attached hydrogens (primary N) is 1. The first-order valence-corrected chi connectivity index (χ1v) is 7.41. The van der Waals surface area contributed by atoms with Gasteiger partial charge in [0.15, 0.2) is 11.5 Å². The fourth-order valence-electron chi connectivity index (χ4n) is 2.35. The number of esters is 1. The van der Waals surface area contributed by atoms with Crippen molar-refractivity contribution >= 4 is 11.8 Å². The Morgan fingerprint density at radius 1 is 1.17 bits per heavy atom. The highest BCUT2D eigenvalue weighted by molar-refractivity contribution is 5.91. The molecule has 0 radical (unpaired) electrons. The van der Waals surface area contributed by atoms with Gasteiger partial charge in [-0.1, -0.05) is 12.1 Å². The summed E-state index contributed by atoms with van der Waals surface area (Å²) in [5.74, 6) is -0.536. The van der Waals surface area contributed by atoms with Crippen molar-refractivity contribution < 1.29 is 9.53 Å². The number of carbonyl (C=O) groups excluding carboxylic acids is 1. The second-order valence-electron chi connectivity index (χ2n) is 5.37. The third-order valence-corrected chi connectivity index (χ3v) is 3.48. The van der Waals surface area contributed by atoms with E-state index in [1.54, 1.807) is 0 Å². The van der Waals surface area contributed by atoms with Gasteiger partial charge in [-0.15, -0.1) is 0 Å². The number of nitrogen functional groups attached to an aromatic ring is 1. The molecule has 0 saturated heterocycles. The number of hydrogen-bond acceptors (Lipinski definition) is 6. The van der Waals surface area contributed by atoms with Gasteiger partial charge in [0.1, 0.15) is 6.61 Å². The SMILES string of the molecule is Cc1cc(C)n(-c2ccc(COC(=O)c3nccnc3N)cc2)n1. The molecule has 7 nitrogen and oxygen atoms in total. The molecule has 0 spiro atoms. The van der Waals surface area contributed by atoms with Crippen LogP contribution in [-0.2, 0) is 11.3 Å². The van der Waals surface area contributed by atoms with E-state index >= 15 is 0 Å². The molecule has 0 amide bonds. The fraction of sp³-hybridized carbons (Fsp3) is 0.176. The molecule has 0 fully saturated rings. The topological polar surface area (TPSA) is 95.9 Å². The third-order valence-electron chi connectivity index (χ3n) is 3.48. The molecule has 0 aliphatic carbocycles. The zero-order valence-corrected chi connectivity index (χ0v) is 13.4. The van der Waals surface area contributed by atoms with Gasteiger partial charge < -0.3 is 10.5 Å². The molecule has 2 aromatic heterocycles. The Bertz CT molecular complexity index is 871. The summed E-state index contributed by atoms with van der Waals surface area (Å²) in [6.45, 7) is 4.09. The maximum absolute atomic E-state index is 12.0. The van der Waals surface area contributed by atoms with Gasteiger partial charge in [0, 0.05) is 18.1 Å². The Balaban J connectivity index is 1.68. The average molecular weight is 323 g/mol. The Morgan fingerprint density at radius 3 is 2.50 bits per heavy atom. The van der Waals surface area contributed by atoms with E-state index < -0.39 is 5.97 Å². The first kappa shape index (κ1) is 15.7. The van der Waals surface area contributed by atoms with Crippen LogP contribution in [0.2, 0.25) is 0 Å². The van der Waals surface area contributed by atoms with Gasteiger partial charge in [0.2, 0.25) is 0 Å². The molecule has 2 N–H and O–H groups in total. The van der Waals surface area contributed by atoms with E-state index in [0.717, 1.165) is 22.6 Å². The monoisotopic (exact) mass is 323 g/mol. The molecule has 122 valence electrons. The van der Waals surface area contributed by atoms with Crippen molar-refractivity contribution in [3.8, 4) is 5.69 Å². The van der Waals surface area contributed by atoms with Gasteiger partial charge in [-0.05, 0) is 37.6 Å². The Kier molecular flexibility index (Phi) is 4.24. The number of benzene rings is 1. The summed E-state index contributed by atoms with van der Waals surface area (Å²) < 4.78 is 7.09. The largest absolute Gasteiger partial charge is 0.456 e. The van der Waals surface area contributed by atoms with Crippen molar-refractivity contribution in [2.24, 2.45) is 0 Å². The first-order chi connectivity index (χ1) is 11.5. The van der Waals surface area contributed by atoms with Crippen LogP contribution in [0, 0.1) is 13.8 Å². The summed E-state index contributed by atoms with van der Waals surface area (Å²) in [7, 11) is 0. The number of rotatable bonds is 4. The van der Waals surface area contributed by atoms with E-state index in [1.807, 2.05) is 48.9 Å². The van der Waals surface area contributed by atoms with E-state index in [-0.39, 0.29) is 18.1 Å². The standard InChI is InChI=1S/C17H17N5O2/c1-11-9-12(2)22(21-11)14-5-3-13(4-6-14)10-24-17(23)15-16(18)20-8-7-19-15/h3-9H,10H2,1-2H3,(H2,18,20). The quantitative estimate of drug-likeness (QED) is 0.740. The highest BCUT2D eigenvalue weighted by atomic mass is 16.5. The normalized spacial score (nSPS) is 10.6. The molecule has 3 aromatic rings. The number of carbonyl (C=O) groups is 1. The third kappa shape index (κ3) is 3.24. The van der Waals surface area contributed by atoms with Crippen LogP contribution < -0.4 is 5.73 Å². The van der Waals surface area contributed by atoms with Crippen LogP contribution in [-0.4, -0.2) is 25.7 Å².